The van der Waals surface area contributed by atoms with E-state index in [1.54, 1.807) is 16.7 Å². The van der Waals surface area contributed by atoms with Gasteiger partial charge in [-0.15, -0.1) is 0 Å². The monoisotopic (exact) mass is 393 g/mol. The van der Waals surface area contributed by atoms with Crippen molar-refractivity contribution in [3.63, 3.8) is 0 Å². The standard InChI is InChI=1S/C17H20ClN5O4/c1-21-14-13(15(26)22(2)17(21)27)23(8-10-3-5-11(18)6-4-10)16(20-14)19-7-12(25)9-24/h3-6,12,24-25H,7-9H2,1-2H3,(H,19,20)/t12-/m1/s1. The van der Waals surface area contributed by atoms with E-state index in [0.29, 0.717) is 17.5 Å². The molecular weight excluding hydrogens is 374 g/mol. The summed E-state index contributed by atoms with van der Waals surface area (Å²) in [4.78, 5) is 29.3. The van der Waals surface area contributed by atoms with Gasteiger partial charge in [-0.05, 0) is 17.7 Å². The summed E-state index contributed by atoms with van der Waals surface area (Å²) in [5, 5.41) is 22.2. The summed E-state index contributed by atoms with van der Waals surface area (Å²) >= 11 is 5.93. The van der Waals surface area contributed by atoms with Crippen LogP contribution in [0.1, 0.15) is 5.56 Å². The quantitative estimate of drug-likeness (QED) is 0.539. The van der Waals surface area contributed by atoms with Gasteiger partial charge in [0, 0.05) is 25.7 Å². The Morgan fingerprint density at radius 3 is 2.48 bits per heavy atom. The Bertz CT molecular complexity index is 1080. The van der Waals surface area contributed by atoms with Crippen LogP contribution in [0.5, 0.6) is 0 Å². The molecule has 1 atom stereocenters. The lowest BCUT2D eigenvalue weighted by Crippen LogP contribution is -2.37. The number of rotatable bonds is 6. The highest BCUT2D eigenvalue weighted by Gasteiger charge is 2.19. The number of benzene rings is 1. The molecule has 3 N–H and O–H groups in total. The molecular formula is C17H20ClN5O4. The number of aliphatic hydroxyl groups excluding tert-OH is 2. The van der Waals surface area contributed by atoms with E-state index in [4.69, 9.17) is 16.7 Å². The van der Waals surface area contributed by atoms with Crippen LogP contribution in [0.15, 0.2) is 33.9 Å². The summed E-state index contributed by atoms with van der Waals surface area (Å²) in [5.41, 5.74) is 0.421. The van der Waals surface area contributed by atoms with Crippen LogP contribution in [-0.4, -0.2) is 48.2 Å². The molecule has 1 aromatic carbocycles. The molecule has 0 amide bonds. The topological polar surface area (TPSA) is 114 Å². The minimum atomic E-state index is -0.986. The lowest BCUT2D eigenvalue weighted by Gasteiger charge is -2.13. The van der Waals surface area contributed by atoms with Gasteiger partial charge in [-0.25, -0.2) is 4.79 Å². The maximum absolute atomic E-state index is 12.7. The first-order chi connectivity index (χ1) is 12.8. The highest BCUT2D eigenvalue weighted by molar-refractivity contribution is 6.30. The second-order valence-corrected chi connectivity index (χ2v) is 6.68. The Labute approximate surface area is 159 Å². The fourth-order valence-corrected chi connectivity index (χ4v) is 2.91. The highest BCUT2D eigenvalue weighted by atomic mass is 35.5. The number of hydrogen-bond acceptors (Lipinski definition) is 6. The number of aromatic nitrogens is 4. The number of aliphatic hydroxyl groups is 2. The van der Waals surface area contributed by atoms with Crippen molar-refractivity contribution in [1.29, 1.82) is 0 Å². The maximum Gasteiger partial charge on any atom is 0.332 e. The van der Waals surface area contributed by atoms with E-state index in [1.165, 1.54) is 18.7 Å². The molecule has 10 heteroatoms. The summed E-state index contributed by atoms with van der Waals surface area (Å²) in [5.74, 6) is 0.311. The predicted molar refractivity (Wildman–Crippen MR) is 102 cm³/mol. The zero-order chi connectivity index (χ0) is 19.7. The summed E-state index contributed by atoms with van der Waals surface area (Å²) in [6.07, 6.45) is -0.986. The van der Waals surface area contributed by atoms with E-state index in [1.807, 2.05) is 12.1 Å². The van der Waals surface area contributed by atoms with Gasteiger partial charge in [0.25, 0.3) is 5.56 Å². The third kappa shape index (κ3) is 3.61. The molecule has 27 heavy (non-hydrogen) atoms. The van der Waals surface area contributed by atoms with E-state index < -0.39 is 24.0 Å². The molecule has 0 saturated carbocycles. The van der Waals surface area contributed by atoms with Gasteiger partial charge in [0.15, 0.2) is 11.2 Å². The number of imidazole rings is 1. The van der Waals surface area contributed by atoms with Crippen LogP contribution >= 0.6 is 11.6 Å². The minimum absolute atomic E-state index is 0.0364. The molecule has 0 fully saturated rings. The summed E-state index contributed by atoms with van der Waals surface area (Å²) in [6, 6.07) is 7.14. The Kier molecular flexibility index (Phi) is 5.36. The third-order valence-corrected chi connectivity index (χ3v) is 4.56. The minimum Gasteiger partial charge on any atom is -0.394 e. The largest absolute Gasteiger partial charge is 0.394 e. The number of nitrogens with one attached hydrogen (secondary N) is 1. The summed E-state index contributed by atoms with van der Waals surface area (Å²) in [7, 11) is 2.95. The van der Waals surface area contributed by atoms with Crippen LogP contribution in [0.25, 0.3) is 11.2 Å². The SMILES string of the molecule is Cn1c(=O)c2c(nc(NC[C@@H](O)CO)n2Cc2ccc(Cl)cc2)n(C)c1=O. The van der Waals surface area contributed by atoms with Crippen molar-refractivity contribution in [2.45, 2.75) is 12.6 Å². The predicted octanol–water partition coefficient (Wildman–Crippen LogP) is -0.0995. The van der Waals surface area contributed by atoms with Crippen molar-refractivity contribution in [1.82, 2.24) is 18.7 Å². The smallest absolute Gasteiger partial charge is 0.332 e. The first kappa shape index (κ1) is 19.2. The van der Waals surface area contributed by atoms with Gasteiger partial charge in [-0.1, -0.05) is 23.7 Å². The van der Waals surface area contributed by atoms with Crippen molar-refractivity contribution in [2.24, 2.45) is 14.1 Å². The molecule has 2 aromatic heterocycles. The average Bonchev–Trinajstić information content (AvgIpc) is 3.02. The van der Waals surface area contributed by atoms with Crippen molar-refractivity contribution in [2.75, 3.05) is 18.5 Å². The number of aryl methyl sites for hydroxylation is 1. The first-order valence-corrected chi connectivity index (χ1v) is 8.64. The summed E-state index contributed by atoms with van der Waals surface area (Å²) in [6.45, 7) is -0.0714. The lowest BCUT2D eigenvalue weighted by atomic mass is 10.2. The molecule has 0 aliphatic carbocycles. The first-order valence-electron chi connectivity index (χ1n) is 8.27. The molecule has 0 aliphatic rings. The van der Waals surface area contributed by atoms with Crippen LogP contribution in [-0.2, 0) is 20.6 Å². The summed E-state index contributed by atoms with van der Waals surface area (Å²) < 4.78 is 3.96. The van der Waals surface area contributed by atoms with Crippen LogP contribution in [0, 0.1) is 0 Å². The van der Waals surface area contributed by atoms with Gasteiger partial charge in [-0.3, -0.25) is 18.5 Å². The Balaban J connectivity index is 2.18. The van der Waals surface area contributed by atoms with Crippen LogP contribution in [0.3, 0.4) is 0 Å². The fraction of sp³-hybridized carbons (Fsp3) is 0.353. The van der Waals surface area contributed by atoms with Gasteiger partial charge in [0.1, 0.15) is 0 Å². The number of fused-ring (bicyclic) bond motifs is 1. The van der Waals surface area contributed by atoms with Gasteiger partial charge >= 0.3 is 5.69 Å². The van der Waals surface area contributed by atoms with E-state index in [9.17, 15) is 14.7 Å². The Morgan fingerprint density at radius 1 is 1.19 bits per heavy atom. The molecule has 0 saturated heterocycles. The van der Waals surface area contributed by atoms with Crippen LogP contribution in [0.4, 0.5) is 5.95 Å². The number of halogens is 1. The van der Waals surface area contributed by atoms with E-state index in [0.717, 1.165) is 10.1 Å². The van der Waals surface area contributed by atoms with Gasteiger partial charge < -0.3 is 15.5 Å². The average molecular weight is 394 g/mol. The second kappa shape index (κ2) is 7.55. The zero-order valence-electron chi connectivity index (χ0n) is 14.9. The van der Waals surface area contributed by atoms with Gasteiger partial charge in [0.2, 0.25) is 5.95 Å². The van der Waals surface area contributed by atoms with Crippen molar-refractivity contribution >= 4 is 28.7 Å². The molecule has 0 aliphatic heterocycles. The van der Waals surface area contributed by atoms with E-state index >= 15 is 0 Å². The Hall–Kier alpha value is -2.62. The molecule has 3 rings (SSSR count). The normalized spacial score (nSPS) is 12.5. The molecule has 0 radical (unpaired) electrons. The molecule has 3 aromatic rings. The molecule has 9 nitrogen and oxygen atoms in total. The number of nitrogens with zero attached hydrogens (tertiary/aromatic N) is 4. The van der Waals surface area contributed by atoms with E-state index in [2.05, 4.69) is 10.3 Å². The number of hydrogen-bond donors (Lipinski definition) is 3. The maximum atomic E-state index is 12.7. The van der Waals surface area contributed by atoms with Crippen molar-refractivity contribution in [3.8, 4) is 0 Å². The highest BCUT2D eigenvalue weighted by Crippen LogP contribution is 2.19. The second-order valence-electron chi connectivity index (χ2n) is 6.24. The fourth-order valence-electron chi connectivity index (χ4n) is 2.78. The van der Waals surface area contributed by atoms with E-state index in [-0.39, 0.29) is 17.7 Å². The molecule has 2 heterocycles. The lowest BCUT2D eigenvalue weighted by molar-refractivity contribution is 0.105. The van der Waals surface area contributed by atoms with Gasteiger partial charge in [-0.2, -0.15) is 4.98 Å². The zero-order valence-corrected chi connectivity index (χ0v) is 15.6. The van der Waals surface area contributed by atoms with Crippen molar-refractivity contribution < 1.29 is 10.2 Å². The van der Waals surface area contributed by atoms with Crippen LogP contribution < -0.4 is 16.6 Å². The van der Waals surface area contributed by atoms with Crippen LogP contribution in [0.2, 0.25) is 5.02 Å². The molecule has 0 unspecified atom stereocenters. The number of anilines is 1. The molecule has 0 spiro atoms. The van der Waals surface area contributed by atoms with Gasteiger partial charge in [0.05, 0.1) is 19.3 Å². The Morgan fingerprint density at radius 2 is 1.85 bits per heavy atom. The van der Waals surface area contributed by atoms with Crippen molar-refractivity contribution in [3.05, 3.63) is 55.7 Å². The third-order valence-electron chi connectivity index (χ3n) is 4.31. The molecule has 144 valence electrons. The molecule has 0 bridgehead atoms.